The van der Waals surface area contributed by atoms with Crippen molar-refractivity contribution in [2.45, 2.75) is 71.5 Å². The van der Waals surface area contributed by atoms with Gasteiger partial charge in [0, 0.05) is 12.5 Å². The zero-order valence-corrected chi connectivity index (χ0v) is 12.3. The van der Waals surface area contributed by atoms with E-state index in [0.29, 0.717) is 16.9 Å². The average molecular weight is 252 g/mol. The van der Waals surface area contributed by atoms with E-state index in [9.17, 15) is 5.11 Å². The van der Waals surface area contributed by atoms with Crippen molar-refractivity contribution in [3.8, 4) is 0 Å². The smallest absolute Gasteiger partial charge is 0.0635 e. The number of hydrogen-bond donors (Lipinski definition) is 1. The van der Waals surface area contributed by atoms with Crippen LogP contribution in [-0.2, 0) is 4.74 Å². The van der Waals surface area contributed by atoms with Crippen molar-refractivity contribution < 1.29 is 9.84 Å². The molecule has 3 aliphatic rings. The van der Waals surface area contributed by atoms with Crippen molar-refractivity contribution in [3.05, 3.63) is 0 Å². The van der Waals surface area contributed by atoms with Crippen LogP contribution in [0.4, 0.5) is 0 Å². The topological polar surface area (TPSA) is 29.5 Å². The van der Waals surface area contributed by atoms with Crippen LogP contribution >= 0.6 is 0 Å². The van der Waals surface area contributed by atoms with Crippen LogP contribution in [-0.4, -0.2) is 24.4 Å². The van der Waals surface area contributed by atoms with Gasteiger partial charge in [0.05, 0.1) is 12.2 Å². The van der Waals surface area contributed by atoms with E-state index >= 15 is 0 Å². The highest BCUT2D eigenvalue weighted by atomic mass is 16.5. The normalized spacial score (nSPS) is 54.2. The van der Waals surface area contributed by atoms with Gasteiger partial charge in [-0.25, -0.2) is 0 Å². The molecular weight excluding hydrogens is 224 g/mol. The molecule has 0 aromatic rings. The Kier molecular flexibility index (Phi) is 2.68. The highest BCUT2D eigenvalue weighted by Crippen LogP contribution is 2.69. The Bertz CT molecular complexity index is 351. The monoisotopic (exact) mass is 252 g/mol. The summed E-state index contributed by atoms with van der Waals surface area (Å²) >= 11 is 0. The lowest BCUT2D eigenvalue weighted by molar-refractivity contribution is -0.150. The van der Waals surface area contributed by atoms with Crippen LogP contribution in [0.15, 0.2) is 0 Å². The molecule has 3 fully saturated rings. The molecule has 3 rings (SSSR count). The molecule has 0 amide bonds. The van der Waals surface area contributed by atoms with Crippen LogP contribution in [0.5, 0.6) is 0 Å². The van der Waals surface area contributed by atoms with E-state index in [1.807, 2.05) is 7.11 Å². The lowest BCUT2D eigenvalue weighted by Gasteiger charge is -2.57. The van der Waals surface area contributed by atoms with E-state index < -0.39 is 0 Å². The number of aliphatic hydroxyl groups is 1. The number of fused-ring (bicyclic) bond motifs is 1. The van der Waals surface area contributed by atoms with Gasteiger partial charge in [-0.3, -0.25) is 0 Å². The van der Waals surface area contributed by atoms with Crippen molar-refractivity contribution in [1.29, 1.82) is 0 Å². The van der Waals surface area contributed by atoms with Crippen molar-refractivity contribution in [2.24, 2.45) is 22.2 Å². The Morgan fingerprint density at radius 3 is 2.50 bits per heavy atom. The third-order valence-electron chi connectivity index (χ3n) is 6.70. The molecule has 0 aromatic carbocycles. The van der Waals surface area contributed by atoms with E-state index in [1.54, 1.807) is 0 Å². The zero-order chi connectivity index (χ0) is 13.2. The predicted octanol–water partition coefficient (Wildman–Crippen LogP) is 3.38. The summed E-state index contributed by atoms with van der Waals surface area (Å²) in [5, 5.41) is 10.3. The molecule has 0 radical (unpaired) electrons. The lowest BCUT2D eigenvalue weighted by atomic mass is 9.49. The molecule has 3 saturated carbocycles. The number of ether oxygens (including phenoxy) is 1. The standard InChI is InChI=1S/C16H28O2/c1-14(2)9-13(18-4)16-8-6-12(17)15(3,10-16)7-5-11(14)16/h11-13,17H,5-10H2,1-4H3/t11-,12?,13?,15+,16-/m0/s1. The first kappa shape index (κ1) is 12.9. The molecule has 18 heavy (non-hydrogen) atoms. The molecular formula is C16H28O2. The summed E-state index contributed by atoms with van der Waals surface area (Å²) in [5.74, 6) is 0.788. The molecule has 3 aliphatic carbocycles. The summed E-state index contributed by atoms with van der Waals surface area (Å²) in [6.45, 7) is 7.14. The second-order valence-electron chi connectivity index (χ2n) is 8.13. The van der Waals surface area contributed by atoms with Crippen molar-refractivity contribution >= 4 is 0 Å². The largest absolute Gasteiger partial charge is 0.393 e. The first-order chi connectivity index (χ1) is 8.34. The Labute approximate surface area is 111 Å². The lowest BCUT2D eigenvalue weighted by Crippen LogP contribution is -2.54. The van der Waals surface area contributed by atoms with Crippen LogP contribution in [0.2, 0.25) is 0 Å². The summed E-state index contributed by atoms with van der Waals surface area (Å²) in [6.07, 6.45) is 7.30. The van der Waals surface area contributed by atoms with Gasteiger partial charge in [-0.1, -0.05) is 20.8 Å². The Balaban J connectivity index is 2.00. The van der Waals surface area contributed by atoms with Gasteiger partial charge in [0.15, 0.2) is 0 Å². The van der Waals surface area contributed by atoms with Gasteiger partial charge in [0.2, 0.25) is 0 Å². The summed E-state index contributed by atoms with van der Waals surface area (Å²) in [4.78, 5) is 0. The van der Waals surface area contributed by atoms with Gasteiger partial charge in [0.25, 0.3) is 0 Å². The van der Waals surface area contributed by atoms with Gasteiger partial charge < -0.3 is 9.84 Å². The van der Waals surface area contributed by atoms with Gasteiger partial charge in [-0.05, 0) is 55.3 Å². The molecule has 0 saturated heterocycles. The van der Waals surface area contributed by atoms with E-state index in [0.717, 1.165) is 18.8 Å². The molecule has 2 unspecified atom stereocenters. The zero-order valence-electron chi connectivity index (χ0n) is 12.3. The summed E-state index contributed by atoms with van der Waals surface area (Å²) in [5.41, 5.74) is 0.904. The van der Waals surface area contributed by atoms with Gasteiger partial charge >= 0.3 is 0 Å². The second-order valence-corrected chi connectivity index (χ2v) is 8.13. The van der Waals surface area contributed by atoms with E-state index in [2.05, 4.69) is 20.8 Å². The van der Waals surface area contributed by atoms with Crippen LogP contribution in [0.1, 0.15) is 59.3 Å². The fraction of sp³-hybridized carbons (Fsp3) is 1.00. The van der Waals surface area contributed by atoms with Crippen LogP contribution in [0.25, 0.3) is 0 Å². The van der Waals surface area contributed by atoms with Gasteiger partial charge in [-0.15, -0.1) is 0 Å². The number of methoxy groups -OCH3 is 1. The molecule has 1 spiro atoms. The van der Waals surface area contributed by atoms with Crippen molar-refractivity contribution in [1.82, 2.24) is 0 Å². The van der Waals surface area contributed by atoms with Gasteiger partial charge in [0.1, 0.15) is 0 Å². The maximum atomic E-state index is 10.3. The minimum Gasteiger partial charge on any atom is -0.393 e. The molecule has 2 bridgehead atoms. The number of hydrogen-bond acceptors (Lipinski definition) is 2. The SMILES string of the molecule is COC1CC(C)(C)[C@@H]2CC[C@]3(C)C[C@]12CCC3O. The Hall–Kier alpha value is -0.0800. The second kappa shape index (κ2) is 3.73. The van der Waals surface area contributed by atoms with E-state index in [-0.39, 0.29) is 11.5 Å². The van der Waals surface area contributed by atoms with Crippen LogP contribution in [0, 0.1) is 22.2 Å². The first-order valence-corrected chi connectivity index (χ1v) is 7.55. The predicted molar refractivity (Wildman–Crippen MR) is 72.3 cm³/mol. The summed E-state index contributed by atoms with van der Waals surface area (Å²) < 4.78 is 5.89. The van der Waals surface area contributed by atoms with E-state index in [4.69, 9.17) is 4.74 Å². The quantitative estimate of drug-likeness (QED) is 0.775. The van der Waals surface area contributed by atoms with Crippen molar-refractivity contribution in [3.63, 3.8) is 0 Å². The maximum Gasteiger partial charge on any atom is 0.0635 e. The minimum absolute atomic E-state index is 0.0923. The molecule has 0 aromatic heterocycles. The summed E-state index contributed by atoms with van der Waals surface area (Å²) in [7, 11) is 1.88. The minimum atomic E-state index is -0.0923. The highest BCUT2D eigenvalue weighted by molar-refractivity contribution is 5.14. The fourth-order valence-electron chi connectivity index (χ4n) is 5.84. The first-order valence-electron chi connectivity index (χ1n) is 7.55. The molecule has 0 aliphatic heterocycles. The molecule has 1 N–H and O–H groups in total. The Morgan fingerprint density at radius 2 is 1.83 bits per heavy atom. The molecule has 2 heteroatoms. The fourth-order valence-corrected chi connectivity index (χ4v) is 5.84. The maximum absolute atomic E-state index is 10.3. The number of rotatable bonds is 1. The van der Waals surface area contributed by atoms with E-state index in [1.165, 1.54) is 25.7 Å². The third kappa shape index (κ3) is 1.48. The molecule has 2 nitrogen and oxygen atoms in total. The number of aliphatic hydroxyl groups excluding tert-OH is 1. The molecule has 5 atom stereocenters. The Morgan fingerprint density at radius 1 is 1.11 bits per heavy atom. The molecule has 0 heterocycles. The van der Waals surface area contributed by atoms with Gasteiger partial charge in [-0.2, -0.15) is 0 Å². The van der Waals surface area contributed by atoms with Crippen LogP contribution in [0.3, 0.4) is 0 Å². The summed E-state index contributed by atoms with van der Waals surface area (Å²) in [6, 6.07) is 0. The average Bonchev–Trinajstić information content (AvgIpc) is 2.52. The van der Waals surface area contributed by atoms with Crippen LogP contribution < -0.4 is 0 Å². The third-order valence-corrected chi connectivity index (χ3v) is 6.70. The molecule has 104 valence electrons. The highest BCUT2D eigenvalue weighted by Gasteiger charge is 2.64. The van der Waals surface area contributed by atoms with Crippen molar-refractivity contribution in [2.75, 3.05) is 7.11 Å².